The SMILES string of the molecule is NNC(CSc1ccccc1F)c1cccnc1. The summed E-state index contributed by atoms with van der Waals surface area (Å²) in [5.41, 5.74) is 3.71. The summed E-state index contributed by atoms with van der Waals surface area (Å²) in [5, 5.41) is 0. The number of pyridine rings is 1. The van der Waals surface area contributed by atoms with Gasteiger partial charge in [0.15, 0.2) is 0 Å². The maximum atomic E-state index is 13.5. The van der Waals surface area contributed by atoms with Crippen molar-refractivity contribution in [3.63, 3.8) is 0 Å². The van der Waals surface area contributed by atoms with E-state index in [1.807, 2.05) is 18.2 Å². The Morgan fingerprint density at radius 3 is 2.78 bits per heavy atom. The van der Waals surface area contributed by atoms with Crippen LogP contribution < -0.4 is 11.3 Å². The second kappa shape index (κ2) is 6.49. The second-order valence-electron chi connectivity index (χ2n) is 3.75. The number of hydrogen-bond acceptors (Lipinski definition) is 4. The highest BCUT2D eigenvalue weighted by Crippen LogP contribution is 2.25. The Morgan fingerprint density at radius 2 is 2.11 bits per heavy atom. The number of rotatable bonds is 5. The molecule has 0 aliphatic carbocycles. The number of nitrogens with one attached hydrogen (secondary N) is 1. The van der Waals surface area contributed by atoms with Crippen LogP contribution >= 0.6 is 11.8 Å². The number of hydrazine groups is 1. The third kappa shape index (κ3) is 3.29. The number of nitrogens with zero attached hydrogens (tertiary/aromatic N) is 1. The molecule has 1 atom stereocenters. The molecule has 0 spiro atoms. The molecule has 2 rings (SSSR count). The zero-order chi connectivity index (χ0) is 12.8. The topological polar surface area (TPSA) is 50.9 Å². The van der Waals surface area contributed by atoms with Gasteiger partial charge in [0, 0.05) is 23.0 Å². The molecule has 1 unspecified atom stereocenters. The van der Waals surface area contributed by atoms with E-state index in [0.29, 0.717) is 10.6 Å². The molecule has 5 heteroatoms. The highest BCUT2D eigenvalue weighted by Gasteiger charge is 2.11. The van der Waals surface area contributed by atoms with Crippen molar-refractivity contribution in [2.24, 2.45) is 5.84 Å². The van der Waals surface area contributed by atoms with Gasteiger partial charge in [0.05, 0.1) is 6.04 Å². The van der Waals surface area contributed by atoms with Crippen LogP contribution in [-0.4, -0.2) is 10.7 Å². The minimum atomic E-state index is -0.204. The van der Waals surface area contributed by atoms with Crippen LogP contribution in [0.3, 0.4) is 0 Å². The molecule has 0 aliphatic rings. The van der Waals surface area contributed by atoms with Crippen molar-refractivity contribution in [2.75, 3.05) is 5.75 Å². The lowest BCUT2D eigenvalue weighted by Gasteiger charge is -2.15. The molecule has 0 bridgehead atoms. The molecule has 0 saturated heterocycles. The Labute approximate surface area is 110 Å². The molecule has 1 aromatic heterocycles. The number of thioether (sulfide) groups is 1. The van der Waals surface area contributed by atoms with Gasteiger partial charge in [-0.25, -0.2) is 4.39 Å². The molecular weight excluding hydrogens is 249 g/mol. The lowest BCUT2D eigenvalue weighted by molar-refractivity contribution is 0.596. The second-order valence-corrected chi connectivity index (χ2v) is 4.81. The summed E-state index contributed by atoms with van der Waals surface area (Å²) in [6.07, 6.45) is 3.47. The van der Waals surface area contributed by atoms with Gasteiger partial charge in [-0.15, -0.1) is 11.8 Å². The molecule has 1 aromatic carbocycles. The summed E-state index contributed by atoms with van der Waals surface area (Å²) >= 11 is 1.43. The monoisotopic (exact) mass is 263 g/mol. The standard InChI is InChI=1S/C13H14FN3S/c14-11-5-1-2-6-13(11)18-9-12(17-15)10-4-3-7-16-8-10/h1-8,12,17H,9,15H2. The fourth-order valence-corrected chi connectivity index (χ4v) is 2.57. The van der Waals surface area contributed by atoms with Gasteiger partial charge in [-0.2, -0.15) is 0 Å². The first-order chi connectivity index (χ1) is 8.81. The van der Waals surface area contributed by atoms with Gasteiger partial charge in [-0.1, -0.05) is 18.2 Å². The van der Waals surface area contributed by atoms with Gasteiger partial charge in [0.2, 0.25) is 0 Å². The van der Waals surface area contributed by atoms with Crippen LogP contribution in [0.25, 0.3) is 0 Å². The van der Waals surface area contributed by atoms with Crippen molar-refractivity contribution in [3.05, 3.63) is 60.2 Å². The summed E-state index contributed by atoms with van der Waals surface area (Å²) in [7, 11) is 0. The smallest absolute Gasteiger partial charge is 0.136 e. The molecule has 3 N–H and O–H groups in total. The zero-order valence-corrected chi connectivity index (χ0v) is 10.5. The number of nitrogens with two attached hydrogens (primary N) is 1. The van der Waals surface area contributed by atoms with E-state index in [4.69, 9.17) is 5.84 Å². The third-order valence-corrected chi connectivity index (χ3v) is 3.67. The average Bonchev–Trinajstić information content (AvgIpc) is 2.42. The first-order valence-electron chi connectivity index (χ1n) is 5.54. The van der Waals surface area contributed by atoms with E-state index >= 15 is 0 Å². The normalized spacial score (nSPS) is 12.3. The van der Waals surface area contributed by atoms with Crippen molar-refractivity contribution < 1.29 is 4.39 Å². The lowest BCUT2D eigenvalue weighted by atomic mass is 10.1. The number of hydrogen-bond donors (Lipinski definition) is 2. The minimum absolute atomic E-state index is 0.0525. The maximum absolute atomic E-state index is 13.5. The van der Waals surface area contributed by atoms with Crippen LogP contribution in [0.2, 0.25) is 0 Å². The molecule has 0 fully saturated rings. The largest absolute Gasteiger partial charge is 0.271 e. The summed E-state index contributed by atoms with van der Waals surface area (Å²) < 4.78 is 13.5. The Morgan fingerprint density at radius 1 is 1.28 bits per heavy atom. The molecule has 1 heterocycles. The van der Waals surface area contributed by atoms with E-state index in [1.165, 1.54) is 17.8 Å². The molecule has 94 valence electrons. The molecule has 0 amide bonds. The predicted octanol–water partition coefficient (Wildman–Crippen LogP) is 2.52. The fourth-order valence-electron chi connectivity index (χ4n) is 1.56. The molecule has 18 heavy (non-hydrogen) atoms. The molecule has 0 radical (unpaired) electrons. The van der Waals surface area contributed by atoms with Crippen molar-refractivity contribution in [1.82, 2.24) is 10.4 Å². The van der Waals surface area contributed by atoms with E-state index in [2.05, 4.69) is 10.4 Å². The Hall–Kier alpha value is -1.43. The van der Waals surface area contributed by atoms with Gasteiger partial charge in [-0.05, 0) is 23.8 Å². The van der Waals surface area contributed by atoms with Crippen molar-refractivity contribution >= 4 is 11.8 Å². The van der Waals surface area contributed by atoms with Gasteiger partial charge in [-0.3, -0.25) is 16.3 Å². The number of halogens is 1. The van der Waals surface area contributed by atoms with Crippen LogP contribution in [0.1, 0.15) is 11.6 Å². The summed E-state index contributed by atoms with van der Waals surface area (Å²) in [6.45, 7) is 0. The van der Waals surface area contributed by atoms with Gasteiger partial charge in [0.1, 0.15) is 5.82 Å². The van der Waals surface area contributed by atoms with Crippen LogP contribution in [0.4, 0.5) is 4.39 Å². The highest BCUT2D eigenvalue weighted by atomic mass is 32.2. The quantitative estimate of drug-likeness (QED) is 0.494. The van der Waals surface area contributed by atoms with E-state index in [-0.39, 0.29) is 11.9 Å². The predicted molar refractivity (Wildman–Crippen MR) is 71.4 cm³/mol. The summed E-state index contributed by atoms with van der Waals surface area (Å²) in [5.74, 6) is 5.96. The van der Waals surface area contributed by atoms with Crippen LogP contribution in [0, 0.1) is 5.82 Å². The number of aromatic nitrogens is 1. The van der Waals surface area contributed by atoms with E-state index < -0.39 is 0 Å². The molecular formula is C13H14FN3S. The maximum Gasteiger partial charge on any atom is 0.136 e. The van der Waals surface area contributed by atoms with E-state index in [1.54, 1.807) is 24.5 Å². The average molecular weight is 263 g/mol. The fraction of sp³-hybridized carbons (Fsp3) is 0.154. The number of benzene rings is 1. The Bertz CT molecular complexity index is 493. The summed E-state index contributed by atoms with van der Waals surface area (Å²) in [6, 6.07) is 10.5. The van der Waals surface area contributed by atoms with E-state index in [0.717, 1.165) is 5.56 Å². The van der Waals surface area contributed by atoms with Crippen LogP contribution in [0.15, 0.2) is 53.7 Å². The lowest BCUT2D eigenvalue weighted by Crippen LogP contribution is -2.29. The molecule has 0 saturated carbocycles. The Balaban J connectivity index is 2.02. The minimum Gasteiger partial charge on any atom is -0.271 e. The highest BCUT2D eigenvalue weighted by molar-refractivity contribution is 7.99. The molecule has 2 aromatic rings. The first kappa shape index (κ1) is 13.0. The van der Waals surface area contributed by atoms with Crippen molar-refractivity contribution in [2.45, 2.75) is 10.9 Å². The van der Waals surface area contributed by atoms with Gasteiger partial charge >= 0.3 is 0 Å². The van der Waals surface area contributed by atoms with Crippen LogP contribution in [0.5, 0.6) is 0 Å². The van der Waals surface area contributed by atoms with Crippen molar-refractivity contribution in [1.29, 1.82) is 0 Å². The molecule has 0 aliphatic heterocycles. The Kier molecular flexibility index (Phi) is 4.69. The zero-order valence-electron chi connectivity index (χ0n) is 9.71. The van der Waals surface area contributed by atoms with E-state index in [9.17, 15) is 4.39 Å². The van der Waals surface area contributed by atoms with Crippen LogP contribution in [-0.2, 0) is 0 Å². The van der Waals surface area contributed by atoms with Gasteiger partial charge < -0.3 is 0 Å². The molecule has 3 nitrogen and oxygen atoms in total. The van der Waals surface area contributed by atoms with Gasteiger partial charge in [0.25, 0.3) is 0 Å². The van der Waals surface area contributed by atoms with Crippen molar-refractivity contribution in [3.8, 4) is 0 Å². The first-order valence-corrected chi connectivity index (χ1v) is 6.53. The summed E-state index contributed by atoms with van der Waals surface area (Å²) in [4.78, 5) is 4.67. The third-order valence-electron chi connectivity index (χ3n) is 2.53.